The molecular weight excluding hydrogens is 419 g/mol. The largest absolute Gasteiger partial charge is 0.496 e. The van der Waals surface area contributed by atoms with Gasteiger partial charge in [-0.3, -0.25) is 0 Å². The van der Waals surface area contributed by atoms with Crippen molar-refractivity contribution in [2.24, 2.45) is 5.14 Å². The number of ether oxygens (including phenoxy) is 1. The van der Waals surface area contributed by atoms with Gasteiger partial charge in [0.05, 0.1) is 23.4 Å². The van der Waals surface area contributed by atoms with Crippen LogP contribution in [0.1, 0.15) is 31.0 Å². The van der Waals surface area contributed by atoms with Crippen molar-refractivity contribution in [2.75, 3.05) is 7.11 Å². The van der Waals surface area contributed by atoms with E-state index in [4.69, 9.17) is 9.88 Å². The van der Waals surface area contributed by atoms with Gasteiger partial charge in [0.25, 0.3) is 0 Å². The van der Waals surface area contributed by atoms with Crippen LogP contribution >= 0.6 is 0 Å². The molecule has 1 aromatic heterocycles. The Morgan fingerprint density at radius 3 is 2.20 bits per heavy atom. The summed E-state index contributed by atoms with van der Waals surface area (Å²) in [7, 11) is -2.51. The van der Waals surface area contributed by atoms with Crippen LogP contribution in [0.2, 0.25) is 0 Å². The lowest BCUT2D eigenvalue weighted by Crippen LogP contribution is -2.12. The van der Waals surface area contributed by atoms with E-state index in [0.29, 0.717) is 11.3 Å². The lowest BCUT2D eigenvalue weighted by atomic mass is 9.98. The van der Waals surface area contributed by atoms with Gasteiger partial charge in [-0.05, 0) is 53.9 Å². The molecule has 0 saturated heterocycles. The fourth-order valence-corrected chi connectivity index (χ4v) is 3.49. The first-order chi connectivity index (χ1) is 13.9. The summed E-state index contributed by atoms with van der Waals surface area (Å²) in [5.74, 6) is 0.526. The van der Waals surface area contributed by atoms with E-state index in [9.17, 15) is 21.6 Å². The summed E-state index contributed by atoms with van der Waals surface area (Å²) in [6.45, 7) is 3.94. The predicted octanol–water partition coefficient (Wildman–Crippen LogP) is 4.34. The quantitative estimate of drug-likeness (QED) is 0.641. The topological polar surface area (TPSA) is 87.2 Å². The van der Waals surface area contributed by atoms with E-state index in [1.807, 2.05) is 19.9 Å². The monoisotopic (exact) mass is 439 g/mol. The number of nitrogens with zero attached hydrogens (tertiary/aromatic N) is 2. The van der Waals surface area contributed by atoms with Crippen molar-refractivity contribution < 1.29 is 26.3 Å². The third kappa shape index (κ3) is 4.34. The molecule has 0 radical (unpaired) electrons. The fourth-order valence-electron chi connectivity index (χ4n) is 2.97. The third-order valence-electron chi connectivity index (χ3n) is 4.58. The van der Waals surface area contributed by atoms with E-state index in [2.05, 4.69) is 5.10 Å². The van der Waals surface area contributed by atoms with Gasteiger partial charge in [0.1, 0.15) is 5.75 Å². The fraction of sp³-hybridized carbons (Fsp3) is 0.250. The van der Waals surface area contributed by atoms with Crippen molar-refractivity contribution in [2.45, 2.75) is 30.8 Å². The minimum Gasteiger partial charge on any atom is -0.496 e. The zero-order chi connectivity index (χ0) is 22.3. The second-order valence-corrected chi connectivity index (χ2v) is 8.54. The summed E-state index contributed by atoms with van der Waals surface area (Å²) in [5, 5.41) is 8.82. The highest BCUT2D eigenvalue weighted by Gasteiger charge is 2.35. The van der Waals surface area contributed by atoms with Crippen molar-refractivity contribution in [1.82, 2.24) is 9.78 Å². The Hall–Kier alpha value is -2.85. The summed E-state index contributed by atoms with van der Waals surface area (Å²) in [6, 6.07) is 11.4. The first-order valence-corrected chi connectivity index (χ1v) is 10.4. The Kier molecular flexibility index (Phi) is 5.66. The molecule has 1 heterocycles. The number of aromatic nitrogens is 2. The second-order valence-electron chi connectivity index (χ2n) is 6.98. The third-order valence-corrected chi connectivity index (χ3v) is 5.51. The average molecular weight is 439 g/mol. The molecule has 3 rings (SSSR count). The Bertz CT molecular complexity index is 1170. The van der Waals surface area contributed by atoms with Crippen molar-refractivity contribution in [1.29, 1.82) is 0 Å². The van der Waals surface area contributed by atoms with E-state index in [1.165, 1.54) is 31.4 Å². The standard InChI is InChI=1S/C20H20F3N3O3S/c1-12(2)13-4-9-18(29-3)16(10-13)17-11-19(20(21,22)23)25-26(17)14-5-7-15(8-6-14)30(24,27)28/h4-12H,1-3H3,(H2,24,27,28). The van der Waals surface area contributed by atoms with E-state index in [-0.39, 0.29) is 22.2 Å². The maximum atomic E-state index is 13.4. The zero-order valence-corrected chi connectivity index (χ0v) is 17.3. The van der Waals surface area contributed by atoms with Gasteiger partial charge in [-0.15, -0.1) is 0 Å². The first-order valence-electron chi connectivity index (χ1n) is 8.90. The molecule has 0 atom stereocenters. The van der Waals surface area contributed by atoms with Crippen LogP contribution in [-0.2, 0) is 16.2 Å². The van der Waals surface area contributed by atoms with Gasteiger partial charge in [-0.2, -0.15) is 18.3 Å². The van der Waals surface area contributed by atoms with Crippen LogP contribution < -0.4 is 9.88 Å². The van der Waals surface area contributed by atoms with E-state index < -0.39 is 21.9 Å². The van der Waals surface area contributed by atoms with Crippen LogP contribution in [0.15, 0.2) is 53.4 Å². The summed E-state index contributed by atoms with van der Waals surface area (Å²) < 4.78 is 69.7. The molecule has 0 bridgehead atoms. The number of alkyl halides is 3. The Morgan fingerprint density at radius 2 is 1.70 bits per heavy atom. The van der Waals surface area contributed by atoms with Crippen molar-refractivity contribution in [3.8, 4) is 22.7 Å². The molecule has 0 saturated carbocycles. The van der Waals surface area contributed by atoms with E-state index in [0.717, 1.165) is 16.3 Å². The molecule has 0 spiro atoms. The molecule has 30 heavy (non-hydrogen) atoms. The highest BCUT2D eigenvalue weighted by molar-refractivity contribution is 7.89. The highest BCUT2D eigenvalue weighted by Crippen LogP contribution is 2.38. The average Bonchev–Trinajstić information content (AvgIpc) is 3.12. The van der Waals surface area contributed by atoms with Crippen molar-refractivity contribution in [3.63, 3.8) is 0 Å². The molecule has 0 unspecified atom stereocenters. The van der Waals surface area contributed by atoms with Crippen LogP contribution in [0.3, 0.4) is 0 Å². The Labute approximate surface area is 172 Å². The molecule has 2 aromatic carbocycles. The van der Waals surface area contributed by atoms with Gasteiger partial charge < -0.3 is 4.74 Å². The van der Waals surface area contributed by atoms with Gasteiger partial charge in [-0.1, -0.05) is 19.9 Å². The molecule has 160 valence electrons. The molecule has 0 aliphatic carbocycles. The number of methoxy groups -OCH3 is 1. The van der Waals surface area contributed by atoms with Crippen molar-refractivity contribution in [3.05, 3.63) is 59.8 Å². The number of halogens is 3. The molecule has 0 fully saturated rings. The summed E-state index contributed by atoms with van der Waals surface area (Å²) in [5.41, 5.74) is 0.666. The van der Waals surface area contributed by atoms with Crippen LogP contribution in [0.25, 0.3) is 16.9 Å². The van der Waals surface area contributed by atoms with E-state index >= 15 is 0 Å². The molecule has 3 aromatic rings. The lowest BCUT2D eigenvalue weighted by molar-refractivity contribution is -0.141. The highest BCUT2D eigenvalue weighted by atomic mass is 32.2. The van der Waals surface area contributed by atoms with E-state index in [1.54, 1.807) is 12.1 Å². The molecular formula is C20H20F3N3O3S. The van der Waals surface area contributed by atoms with Gasteiger partial charge in [0.15, 0.2) is 5.69 Å². The number of hydrogen-bond acceptors (Lipinski definition) is 4. The van der Waals surface area contributed by atoms with Crippen LogP contribution in [0.5, 0.6) is 5.75 Å². The molecule has 10 heteroatoms. The smallest absolute Gasteiger partial charge is 0.435 e. The Morgan fingerprint density at radius 1 is 1.07 bits per heavy atom. The number of benzene rings is 2. The van der Waals surface area contributed by atoms with Crippen LogP contribution in [0.4, 0.5) is 13.2 Å². The molecule has 0 aliphatic rings. The van der Waals surface area contributed by atoms with Crippen molar-refractivity contribution >= 4 is 10.0 Å². The molecule has 0 aliphatic heterocycles. The number of rotatable bonds is 5. The number of hydrogen-bond donors (Lipinski definition) is 1. The predicted molar refractivity (Wildman–Crippen MR) is 106 cm³/mol. The summed E-state index contributed by atoms with van der Waals surface area (Å²) in [6.07, 6.45) is -4.66. The zero-order valence-electron chi connectivity index (χ0n) is 16.4. The number of sulfonamides is 1. The first kappa shape index (κ1) is 21.8. The molecule has 2 N–H and O–H groups in total. The normalized spacial score (nSPS) is 12.4. The number of nitrogens with two attached hydrogens (primary N) is 1. The van der Waals surface area contributed by atoms with Gasteiger partial charge in [0.2, 0.25) is 10.0 Å². The van der Waals surface area contributed by atoms with Gasteiger partial charge in [0, 0.05) is 5.56 Å². The summed E-state index contributed by atoms with van der Waals surface area (Å²) >= 11 is 0. The lowest BCUT2D eigenvalue weighted by Gasteiger charge is -2.14. The van der Waals surface area contributed by atoms with Gasteiger partial charge in [-0.25, -0.2) is 18.2 Å². The molecule has 0 amide bonds. The minimum atomic E-state index is -4.66. The summed E-state index contributed by atoms with van der Waals surface area (Å²) in [4.78, 5) is -0.157. The van der Waals surface area contributed by atoms with Crippen LogP contribution in [0, 0.1) is 0 Å². The minimum absolute atomic E-state index is 0.141. The maximum absolute atomic E-state index is 13.4. The second kappa shape index (κ2) is 7.77. The van der Waals surface area contributed by atoms with Crippen LogP contribution in [-0.4, -0.2) is 25.3 Å². The number of primary sulfonamides is 1. The molecule has 6 nitrogen and oxygen atoms in total. The maximum Gasteiger partial charge on any atom is 0.435 e. The SMILES string of the molecule is COc1ccc(C(C)C)cc1-c1cc(C(F)(F)F)nn1-c1ccc(S(N)(=O)=O)cc1. The van der Waals surface area contributed by atoms with Gasteiger partial charge >= 0.3 is 6.18 Å². The Balaban J connectivity index is 2.26.